The highest BCUT2D eigenvalue weighted by molar-refractivity contribution is 5.68. The van der Waals surface area contributed by atoms with Crippen molar-refractivity contribution in [1.82, 2.24) is 0 Å². The quantitative estimate of drug-likeness (QED) is 0.322. The first-order chi connectivity index (χ1) is 5.52. The predicted molar refractivity (Wildman–Crippen MR) is 44.2 cm³/mol. The predicted octanol–water partition coefficient (Wildman–Crippen LogP) is -2.05. The molecule has 0 aromatic carbocycles. The maximum Gasteiger partial charge on any atom is 0.305 e. The third-order valence-electron chi connectivity index (χ3n) is 1.57. The lowest BCUT2D eigenvalue weighted by Crippen LogP contribution is -3.00. The maximum absolute atomic E-state index is 12.2. The summed E-state index contributed by atoms with van der Waals surface area (Å²) in [5.74, 6) is -0.228. The van der Waals surface area contributed by atoms with Crippen molar-refractivity contribution in [3.8, 4) is 0 Å². The van der Waals surface area contributed by atoms with Crippen molar-refractivity contribution in [3.05, 3.63) is 0 Å². The SMILES string of the molecule is CCC(=O)OCC[N+](C)(C)CF.[Br-]. The molecule has 13 heavy (non-hydrogen) atoms. The van der Waals surface area contributed by atoms with Gasteiger partial charge in [0.25, 0.3) is 0 Å². The molecule has 0 aliphatic rings. The number of rotatable bonds is 5. The molecule has 0 aliphatic heterocycles. The van der Waals surface area contributed by atoms with Gasteiger partial charge in [-0.3, -0.25) is 9.28 Å². The van der Waals surface area contributed by atoms with E-state index in [1.54, 1.807) is 21.0 Å². The molecule has 0 fully saturated rings. The molecule has 0 N–H and O–H groups in total. The Bertz CT molecular complexity index is 153. The van der Waals surface area contributed by atoms with E-state index in [1.165, 1.54) is 0 Å². The number of ether oxygens (including phenoxy) is 1. The van der Waals surface area contributed by atoms with E-state index in [9.17, 15) is 9.18 Å². The summed E-state index contributed by atoms with van der Waals surface area (Å²) in [6, 6.07) is 0. The summed E-state index contributed by atoms with van der Waals surface area (Å²) in [6.45, 7) is 2.10. The number of quaternary nitrogens is 1. The average molecular weight is 258 g/mol. The van der Waals surface area contributed by atoms with Crippen molar-refractivity contribution in [3.63, 3.8) is 0 Å². The van der Waals surface area contributed by atoms with Crippen LogP contribution < -0.4 is 17.0 Å². The van der Waals surface area contributed by atoms with Crippen LogP contribution in [0, 0.1) is 0 Å². The Morgan fingerprint density at radius 2 is 2.00 bits per heavy atom. The lowest BCUT2D eigenvalue weighted by atomic mass is 10.5. The van der Waals surface area contributed by atoms with Crippen LogP contribution in [0.2, 0.25) is 0 Å². The average Bonchev–Trinajstić information content (AvgIpc) is 2.04. The van der Waals surface area contributed by atoms with E-state index >= 15 is 0 Å². The Morgan fingerprint density at radius 3 is 2.38 bits per heavy atom. The molecule has 0 radical (unpaired) electrons. The van der Waals surface area contributed by atoms with Gasteiger partial charge in [0.2, 0.25) is 6.80 Å². The van der Waals surface area contributed by atoms with E-state index in [-0.39, 0.29) is 27.4 Å². The van der Waals surface area contributed by atoms with Crippen LogP contribution in [0.1, 0.15) is 13.3 Å². The Kier molecular flexibility index (Phi) is 8.56. The Labute approximate surface area is 89.2 Å². The molecule has 80 valence electrons. The van der Waals surface area contributed by atoms with Crippen LogP contribution in [0.5, 0.6) is 0 Å². The lowest BCUT2D eigenvalue weighted by molar-refractivity contribution is -0.902. The number of esters is 1. The first-order valence-corrected chi connectivity index (χ1v) is 4.05. The number of halogens is 2. The number of carbonyl (C=O) groups excluding carboxylic acids is 1. The van der Waals surface area contributed by atoms with Crippen molar-refractivity contribution in [1.29, 1.82) is 0 Å². The Hall–Kier alpha value is -0.160. The van der Waals surface area contributed by atoms with E-state index in [2.05, 4.69) is 0 Å². The van der Waals surface area contributed by atoms with Crippen molar-refractivity contribution in [2.45, 2.75) is 13.3 Å². The fourth-order valence-corrected chi connectivity index (χ4v) is 0.568. The molecule has 0 aromatic heterocycles. The van der Waals surface area contributed by atoms with Gasteiger partial charge in [0.1, 0.15) is 13.2 Å². The maximum atomic E-state index is 12.2. The summed E-state index contributed by atoms with van der Waals surface area (Å²) in [5, 5.41) is 0. The van der Waals surface area contributed by atoms with E-state index in [0.29, 0.717) is 19.6 Å². The molecule has 0 amide bonds. The van der Waals surface area contributed by atoms with Gasteiger partial charge in [0, 0.05) is 6.42 Å². The number of nitrogens with zero attached hydrogens (tertiary/aromatic N) is 1. The van der Waals surface area contributed by atoms with Gasteiger partial charge in [-0.25, -0.2) is 0 Å². The van der Waals surface area contributed by atoms with Crippen LogP contribution in [0.4, 0.5) is 4.39 Å². The third kappa shape index (κ3) is 8.18. The topological polar surface area (TPSA) is 26.3 Å². The van der Waals surface area contributed by atoms with Gasteiger partial charge in [-0.1, -0.05) is 6.92 Å². The summed E-state index contributed by atoms with van der Waals surface area (Å²) in [4.78, 5) is 10.7. The fourth-order valence-electron chi connectivity index (χ4n) is 0.568. The summed E-state index contributed by atoms with van der Waals surface area (Å²) >= 11 is 0. The van der Waals surface area contributed by atoms with Crippen LogP contribution in [-0.2, 0) is 9.53 Å². The second-order valence-corrected chi connectivity index (χ2v) is 3.35. The first-order valence-electron chi connectivity index (χ1n) is 4.05. The van der Waals surface area contributed by atoms with Gasteiger partial charge in [-0.15, -0.1) is 0 Å². The number of alkyl halides is 1. The van der Waals surface area contributed by atoms with Crippen LogP contribution in [0.25, 0.3) is 0 Å². The van der Waals surface area contributed by atoms with Crippen LogP contribution in [0.15, 0.2) is 0 Å². The normalized spacial score (nSPS) is 10.5. The first kappa shape index (κ1) is 15.3. The summed E-state index contributed by atoms with van der Waals surface area (Å²) in [5.41, 5.74) is 0. The summed E-state index contributed by atoms with van der Waals surface area (Å²) in [7, 11) is 3.50. The van der Waals surface area contributed by atoms with Gasteiger partial charge in [0.15, 0.2) is 0 Å². The van der Waals surface area contributed by atoms with Gasteiger partial charge in [-0.2, -0.15) is 4.39 Å². The Balaban J connectivity index is 0. The summed E-state index contributed by atoms with van der Waals surface area (Å²) in [6.07, 6.45) is 0.378. The molecular formula is C8H17BrFNO2. The minimum atomic E-state index is -0.441. The van der Waals surface area contributed by atoms with Crippen molar-refractivity contribution in [2.24, 2.45) is 0 Å². The second-order valence-electron chi connectivity index (χ2n) is 3.35. The number of carbonyl (C=O) groups is 1. The molecule has 0 aliphatic carbocycles. The number of hydrogen-bond donors (Lipinski definition) is 0. The highest BCUT2D eigenvalue weighted by Crippen LogP contribution is 1.96. The standard InChI is InChI=1S/C8H17FNO2.BrH/c1-4-8(11)12-6-5-10(2,3)7-9;/h4-7H2,1-3H3;1H/q+1;/p-1. The molecule has 0 spiro atoms. The van der Waals surface area contributed by atoms with Gasteiger partial charge in [-0.05, 0) is 0 Å². The van der Waals surface area contributed by atoms with E-state index in [4.69, 9.17) is 4.74 Å². The third-order valence-corrected chi connectivity index (χ3v) is 1.57. The molecule has 0 atom stereocenters. The fraction of sp³-hybridized carbons (Fsp3) is 0.875. The van der Waals surface area contributed by atoms with Gasteiger partial charge >= 0.3 is 5.97 Å². The zero-order chi connectivity index (χ0) is 9.61. The summed E-state index contributed by atoms with van der Waals surface area (Å²) < 4.78 is 17.2. The van der Waals surface area contributed by atoms with Crippen molar-refractivity contribution < 1.29 is 35.4 Å². The highest BCUT2D eigenvalue weighted by atomic mass is 79.9. The van der Waals surface area contributed by atoms with E-state index in [0.717, 1.165) is 0 Å². The molecule has 0 unspecified atom stereocenters. The lowest BCUT2D eigenvalue weighted by Gasteiger charge is -2.25. The highest BCUT2D eigenvalue weighted by Gasteiger charge is 2.14. The van der Waals surface area contributed by atoms with Crippen LogP contribution >= 0.6 is 0 Å². The van der Waals surface area contributed by atoms with Crippen LogP contribution in [-0.4, -0.2) is 44.5 Å². The number of hydrogen-bond acceptors (Lipinski definition) is 2. The zero-order valence-electron chi connectivity index (χ0n) is 8.35. The van der Waals surface area contributed by atoms with Crippen LogP contribution in [0.3, 0.4) is 0 Å². The molecule has 0 rings (SSSR count). The number of likely N-dealkylation sites (N-methyl/N-ethyl adjacent to an activating group) is 1. The molecule has 0 heterocycles. The molecule has 3 nitrogen and oxygen atoms in total. The Morgan fingerprint density at radius 1 is 1.46 bits per heavy atom. The smallest absolute Gasteiger partial charge is 0.305 e. The van der Waals surface area contributed by atoms with Gasteiger partial charge in [0.05, 0.1) is 14.1 Å². The largest absolute Gasteiger partial charge is 1.00 e. The van der Waals surface area contributed by atoms with E-state index in [1.807, 2.05) is 0 Å². The molecule has 0 aromatic rings. The molecular weight excluding hydrogens is 241 g/mol. The monoisotopic (exact) mass is 257 g/mol. The van der Waals surface area contributed by atoms with Crippen molar-refractivity contribution >= 4 is 5.97 Å². The van der Waals surface area contributed by atoms with E-state index < -0.39 is 6.80 Å². The molecule has 0 saturated carbocycles. The molecule has 0 bridgehead atoms. The minimum absolute atomic E-state index is 0. The molecule has 5 heteroatoms. The van der Waals surface area contributed by atoms with Crippen molar-refractivity contribution in [2.75, 3.05) is 34.0 Å². The minimum Gasteiger partial charge on any atom is -1.00 e. The zero-order valence-corrected chi connectivity index (χ0v) is 9.93. The second kappa shape index (κ2) is 7.26. The van der Waals surface area contributed by atoms with Gasteiger partial charge < -0.3 is 21.7 Å². The molecule has 0 saturated heterocycles.